The lowest BCUT2D eigenvalue weighted by Crippen LogP contribution is -2.33. The molecule has 1 heterocycles. The van der Waals surface area contributed by atoms with Crippen LogP contribution in [-0.4, -0.2) is 28.2 Å². The van der Waals surface area contributed by atoms with E-state index in [1.807, 2.05) is 35.7 Å². The molecule has 0 radical (unpaired) electrons. The minimum absolute atomic E-state index is 0.0289. The Labute approximate surface area is 146 Å². The van der Waals surface area contributed by atoms with Crippen molar-refractivity contribution >= 4 is 23.2 Å². The predicted molar refractivity (Wildman–Crippen MR) is 95.5 cm³/mol. The Morgan fingerprint density at radius 1 is 1.25 bits per heavy atom. The average molecular weight is 345 g/mol. The van der Waals surface area contributed by atoms with Gasteiger partial charge in [0.05, 0.1) is 17.2 Å². The van der Waals surface area contributed by atoms with Gasteiger partial charge in [0.2, 0.25) is 11.8 Å². The molecule has 128 valence electrons. The first-order valence-electron chi connectivity index (χ1n) is 8.08. The van der Waals surface area contributed by atoms with Gasteiger partial charge in [0.15, 0.2) is 0 Å². The molecule has 2 rings (SSSR count). The van der Waals surface area contributed by atoms with Crippen molar-refractivity contribution in [1.82, 2.24) is 15.2 Å². The molecule has 0 saturated carbocycles. The molecule has 0 fully saturated rings. The van der Waals surface area contributed by atoms with Crippen molar-refractivity contribution in [3.8, 4) is 0 Å². The molecule has 2 aromatic rings. The number of hydrogen-bond acceptors (Lipinski definition) is 4. The summed E-state index contributed by atoms with van der Waals surface area (Å²) < 4.78 is 0. The number of thiazole rings is 1. The van der Waals surface area contributed by atoms with Gasteiger partial charge in [-0.1, -0.05) is 37.3 Å². The molecule has 24 heavy (non-hydrogen) atoms. The van der Waals surface area contributed by atoms with Gasteiger partial charge in [-0.05, 0) is 12.0 Å². The molecule has 1 N–H and O–H groups in total. The van der Waals surface area contributed by atoms with Gasteiger partial charge in [0.25, 0.3) is 0 Å². The lowest BCUT2D eigenvalue weighted by atomic mass is 10.2. The molecule has 0 bridgehead atoms. The maximum Gasteiger partial charge on any atom is 0.222 e. The molecule has 6 heteroatoms. The summed E-state index contributed by atoms with van der Waals surface area (Å²) in [6, 6.07) is 9.78. The molecule has 0 aliphatic rings. The number of nitrogens with zero attached hydrogens (tertiary/aromatic N) is 2. The first kappa shape index (κ1) is 18.1. The van der Waals surface area contributed by atoms with Crippen molar-refractivity contribution in [2.24, 2.45) is 0 Å². The standard InChI is InChI=1S/C18H23N3O2S/c1-3-18-20-16(13-24-18)11-19-17(23)9-10-21(14(2)22)12-15-7-5-4-6-8-15/h4-8,13H,3,9-12H2,1-2H3,(H,19,23). The molecule has 5 nitrogen and oxygen atoms in total. The third-order valence-corrected chi connectivity index (χ3v) is 4.68. The van der Waals surface area contributed by atoms with Gasteiger partial charge in [-0.15, -0.1) is 11.3 Å². The highest BCUT2D eigenvalue weighted by atomic mass is 32.1. The molecule has 1 aromatic heterocycles. The Morgan fingerprint density at radius 2 is 2.00 bits per heavy atom. The fourth-order valence-corrected chi connectivity index (χ4v) is 3.00. The van der Waals surface area contributed by atoms with Crippen LogP contribution >= 0.6 is 11.3 Å². The summed E-state index contributed by atoms with van der Waals surface area (Å²) >= 11 is 1.61. The zero-order valence-electron chi connectivity index (χ0n) is 14.1. The van der Waals surface area contributed by atoms with Gasteiger partial charge in [-0.2, -0.15) is 0 Å². The number of amides is 2. The van der Waals surface area contributed by atoms with E-state index >= 15 is 0 Å². The Kier molecular flexibility index (Phi) is 6.93. The highest BCUT2D eigenvalue weighted by Crippen LogP contribution is 2.10. The van der Waals surface area contributed by atoms with Crippen molar-refractivity contribution in [2.45, 2.75) is 39.8 Å². The number of carbonyl (C=O) groups excluding carboxylic acids is 2. The van der Waals surface area contributed by atoms with Gasteiger partial charge in [-0.3, -0.25) is 9.59 Å². The summed E-state index contributed by atoms with van der Waals surface area (Å²) in [5, 5.41) is 5.90. The lowest BCUT2D eigenvalue weighted by molar-refractivity contribution is -0.130. The molecule has 0 aliphatic carbocycles. The molecule has 2 amide bonds. The summed E-state index contributed by atoms with van der Waals surface area (Å²) in [7, 11) is 0. The topological polar surface area (TPSA) is 62.3 Å². The van der Waals surface area contributed by atoms with E-state index in [1.54, 1.807) is 16.2 Å². The van der Waals surface area contributed by atoms with E-state index in [-0.39, 0.29) is 18.2 Å². The van der Waals surface area contributed by atoms with Gasteiger partial charge < -0.3 is 10.2 Å². The highest BCUT2D eigenvalue weighted by Gasteiger charge is 2.12. The highest BCUT2D eigenvalue weighted by molar-refractivity contribution is 7.09. The Hall–Kier alpha value is -2.21. The minimum Gasteiger partial charge on any atom is -0.350 e. The largest absolute Gasteiger partial charge is 0.350 e. The molecule has 0 unspecified atom stereocenters. The molecular formula is C18H23N3O2S. The van der Waals surface area contributed by atoms with Crippen LogP contribution in [0.25, 0.3) is 0 Å². The number of aromatic nitrogens is 1. The third-order valence-electron chi connectivity index (χ3n) is 3.64. The van der Waals surface area contributed by atoms with Crippen LogP contribution in [0.2, 0.25) is 0 Å². The predicted octanol–water partition coefficient (Wildman–Crippen LogP) is 2.76. The average Bonchev–Trinajstić information content (AvgIpc) is 3.05. The van der Waals surface area contributed by atoms with Crippen LogP contribution in [0.15, 0.2) is 35.7 Å². The molecule has 0 aliphatic heterocycles. The van der Waals surface area contributed by atoms with Crippen molar-refractivity contribution in [3.63, 3.8) is 0 Å². The number of aryl methyl sites for hydroxylation is 1. The third kappa shape index (κ3) is 5.77. The van der Waals surface area contributed by atoms with Crippen LogP contribution in [0.1, 0.15) is 36.5 Å². The smallest absolute Gasteiger partial charge is 0.222 e. The zero-order chi connectivity index (χ0) is 17.4. The molecular weight excluding hydrogens is 322 g/mol. The van der Waals surface area contributed by atoms with Gasteiger partial charge in [0, 0.05) is 31.8 Å². The fourth-order valence-electron chi connectivity index (χ4n) is 2.26. The maximum atomic E-state index is 12.0. The minimum atomic E-state index is -0.0691. The van der Waals surface area contributed by atoms with Crippen LogP contribution in [-0.2, 0) is 29.1 Å². The van der Waals surface area contributed by atoms with E-state index < -0.39 is 0 Å². The van der Waals surface area contributed by atoms with Crippen molar-refractivity contribution < 1.29 is 9.59 Å². The van der Waals surface area contributed by atoms with Crippen molar-refractivity contribution in [2.75, 3.05) is 6.54 Å². The summed E-state index contributed by atoms with van der Waals surface area (Å²) in [6.07, 6.45) is 1.20. The Morgan fingerprint density at radius 3 is 2.62 bits per heavy atom. The van der Waals surface area contributed by atoms with Crippen molar-refractivity contribution in [1.29, 1.82) is 0 Å². The van der Waals surface area contributed by atoms with Crippen LogP contribution < -0.4 is 5.32 Å². The SMILES string of the molecule is CCc1nc(CNC(=O)CCN(Cc2ccccc2)C(C)=O)cs1. The van der Waals surface area contributed by atoms with E-state index in [2.05, 4.69) is 17.2 Å². The second-order valence-electron chi connectivity index (χ2n) is 5.54. The van der Waals surface area contributed by atoms with E-state index in [4.69, 9.17) is 0 Å². The molecule has 0 saturated heterocycles. The molecule has 0 spiro atoms. The van der Waals surface area contributed by atoms with E-state index in [1.165, 1.54) is 6.92 Å². The quantitative estimate of drug-likeness (QED) is 0.800. The van der Waals surface area contributed by atoms with E-state index in [0.29, 0.717) is 19.6 Å². The molecule has 0 atom stereocenters. The number of benzene rings is 1. The first-order valence-corrected chi connectivity index (χ1v) is 8.96. The normalized spacial score (nSPS) is 10.4. The second-order valence-corrected chi connectivity index (χ2v) is 6.48. The zero-order valence-corrected chi connectivity index (χ0v) is 14.9. The monoisotopic (exact) mass is 345 g/mol. The van der Waals surface area contributed by atoms with Gasteiger partial charge in [0.1, 0.15) is 0 Å². The maximum absolute atomic E-state index is 12.0. The summed E-state index contributed by atoms with van der Waals surface area (Å²) in [5.41, 5.74) is 1.94. The number of hydrogen-bond donors (Lipinski definition) is 1. The second kappa shape index (κ2) is 9.17. The van der Waals surface area contributed by atoms with Crippen molar-refractivity contribution in [3.05, 3.63) is 52.0 Å². The van der Waals surface area contributed by atoms with Crippen LogP contribution in [0.5, 0.6) is 0 Å². The number of rotatable bonds is 8. The number of nitrogens with one attached hydrogen (secondary N) is 1. The fraction of sp³-hybridized carbons (Fsp3) is 0.389. The van der Waals surface area contributed by atoms with E-state index in [0.717, 1.165) is 22.7 Å². The number of carbonyl (C=O) groups is 2. The van der Waals surface area contributed by atoms with Gasteiger partial charge in [-0.25, -0.2) is 4.98 Å². The summed E-state index contributed by atoms with van der Waals surface area (Å²) in [4.78, 5) is 29.9. The van der Waals surface area contributed by atoms with E-state index in [9.17, 15) is 9.59 Å². The van der Waals surface area contributed by atoms with Gasteiger partial charge >= 0.3 is 0 Å². The van der Waals surface area contributed by atoms with Crippen LogP contribution in [0.3, 0.4) is 0 Å². The summed E-state index contributed by atoms with van der Waals surface area (Å²) in [6.45, 7) is 4.96. The molecule has 1 aromatic carbocycles. The lowest BCUT2D eigenvalue weighted by Gasteiger charge is -2.20. The first-order chi connectivity index (χ1) is 11.6. The summed E-state index contributed by atoms with van der Waals surface area (Å²) in [5.74, 6) is -0.0981. The van der Waals surface area contributed by atoms with Crippen LogP contribution in [0.4, 0.5) is 0 Å². The Bertz CT molecular complexity index is 670. The Balaban J connectivity index is 1.78. The van der Waals surface area contributed by atoms with Crippen LogP contribution in [0, 0.1) is 0 Å².